The Labute approximate surface area is 106 Å². The summed E-state index contributed by atoms with van der Waals surface area (Å²) in [6.45, 7) is 6.76. The summed E-state index contributed by atoms with van der Waals surface area (Å²) < 4.78 is 12.8. The Morgan fingerprint density at radius 2 is 1.94 bits per heavy atom. The van der Waals surface area contributed by atoms with Crippen LogP contribution in [0.25, 0.3) is 5.69 Å². The van der Waals surface area contributed by atoms with Crippen LogP contribution in [0.5, 0.6) is 11.5 Å². The molecule has 0 fully saturated rings. The second-order valence-electron chi connectivity index (χ2n) is 5.41. The molecule has 0 unspecified atom stereocenters. The van der Waals surface area contributed by atoms with Crippen LogP contribution in [0.1, 0.15) is 26.6 Å². The smallest absolute Gasteiger partial charge is 0.231 e. The van der Waals surface area contributed by atoms with E-state index in [0.29, 0.717) is 6.79 Å². The highest BCUT2D eigenvalue weighted by Crippen LogP contribution is 2.34. The number of ether oxygens (including phenoxy) is 2. The van der Waals surface area contributed by atoms with Gasteiger partial charge in [0, 0.05) is 23.9 Å². The molecule has 0 saturated heterocycles. The van der Waals surface area contributed by atoms with Crippen molar-refractivity contribution in [2.45, 2.75) is 26.2 Å². The standard InChI is InChI=1S/C14H16N2O2/c1-14(2,3)13-15-6-7-16(13)10-4-5-11-12(8-10)18-9-17-11/h4-8H,9H2,1-3H3. The van der Waals surface area contributed by atoms with E-state index in [1.54, 1.807) is 0 Å². The molecule has 0 spiro atoms. The summed E-state index contributed by atoms with van der Waals surface area (Å²) in [6, 6.07) is 5.94. The van der Waals surface area contributed by atoms with Gasteiger partial charge in [-0.2, -0.15) is 0 Å². The summed E-state index contributed by atoms with van der Waals surface area (Å²) in [4.78, 5) is 4.45. The molecule has 2 aromatic rings. The van der Waals surface area contributed by atoms with Crippen LogP contribution in [0.15, 0.2) is 30.6 Å². The average Bonchev–Trinajstić information content (AvgIpc) is 2.96. The van der Waals surface area contributed by atoms with Crippen LogP contribution in [0, 0.1) is 0 Å². The first-order valence-corrected chi connectivity index (χ1v) is 5.99. The zero-order valence-electron chi connectivity index (χ0n) is 10.8. The number of fused-ring (bicyclic) bond motifs is 1. The van der Waals surface area contributed by atoms with Gasteiger partial charge < -0.3 is 14.0 Å². The Hall–Kier alpha value is -1.97. The van der Waals surface area contributed by atoms with Crippen LogP contribution in [0.2, 0.25) is 0 Å². The lowest BCUT2D eigenvalue weighted by atomic mass is 9.95. The van der Waals surface area contributed by atoms with Gasteiger partial charge in [0.15, 0.2) is 11.5 Å². The van der Waals surface area contributed by atoms with Crippen LogP contribution >= 0.6 is 0 Å². The number of benzene rings is 1. The highest BCUT2D eigenvalue weighted by molar-refractivity contribution is 5.50. The molecule has 1 aromatic carbocycles. The van der Waals surface area contributed by atoms with Crippen LogP contribution in [0.4, 0.5) is 0 Å². The molecule has 1 aliphatic heterocycles. The molecule has 4 heteroatoms. The van der Waals surface area contributed by atoms with E-state index in [4.69, 9.17) is 9.47 Å². The van der Waals surface area contributed by atoms with Crippen LogP contribution < -0.4 is 9.47 Å². The zero-order chi connectivity index (χ0) is 12.8. The summed E-state index contributed by atoms with van der Waals surface area (Å²) in [5, 5.41) is 0. The summed E-state index contributed by atoms with van der Waals surface area (Å²) in [6.07, 6.45) is 3.79. The van der Waals surface area contributed by atoms with Crippen molar-refractivity contribution in [2.24, 2.45) is 0 Å². The van der Waals surface area contributed by atoms with Gasteiger partial charge in [0.2, 0.25) is 6.79 Å². The van der Waals surface area contributed by atoms with Gasteiger partial charge in [-0.15, -0.1) is 0 Å². The zero-order valence-corrected chi connectivity index (χ0v) is 10.8. The van der Waals surface area contributed by atoms with Gasteiger partial charge in [0.05, 0.1) is 5.69 Å². The predicted molar refractivity (Wildman–Crippen MR) is 68.4 cm³/mol. The molecular formula is C14H16N2O2. The fourth-order valence-corrected chi connectivity index (χ4v) is 2.10. The molecule has 1 aromatic heterocycles. The van der Waals surface area contributed by atoms with Crippen molar-refractivity contribution in [3.8, 4) is 17.2 Å². The molecule has 0 radical (unpaired) electrons. The molecule has 18 heavy (non-hydrogen) atoms. The molecule has 2 heterocycles. The third kappa shape index (κ3) is 1.74. The number of rotatable bonds is 1. The van der Waals surface area contributed by atoms with Gasteiger partial charge in [-0.3, -0.25) is 0 Å². The largest absolute Gasteiger partial charge is 0.454 e. The molecule has 0 atom stereocenters. The Balaban J connectivity index is 2.08. The first-order valence-electron chi connectivity index (χ1n) is 5.99. The average molecular weight is 244 g/mol. The van der Waals surface area contributed by atoms with E-state index in [-0.39, 0.29) is 5.41 Å². The van der Waals surface area contributed by atoms with Gasteiger partial charge in [-0.25, -0.2) is 4.98 Å². The Bertz CT molecular complexity index is 582. The Morgan fingerprint density at radius 3 is 2.72 bits per heavy atom. The van der Waals surface area contributed by atoms with Crippen molar-refractivity contribution < 1.29 is 9.47 Å². The molecule has 0 saturated carbocycles. The Morgan fingerprint density at radius 1 is 1.17 bits per heavy atom. The maximum absolute atomic E-state index is 5.41. The predicted octanol–water partition coefficient (Wildman–Crippen LogP) is 2.90. The van der Waals surface area contributed by atoms with E-state index in [1.165, 1.54) is 0 Å². The lowest BCUT2D eigenvalue weighted by molar-refractivity contribution is 0.174. The summed E-state index contributed by atoms with van der Waals surface area (Å²) >= 11 is 0. The van der Waals surface area contributed by atoms with Crippen molar-refractivity contribution >= 4 is 0 Å². The molecule has 1 aliphatic rings. The van der Waals surface area contributed by atoms with E-state index >= 15 is 0 Å². The SMILES string of the molecule is CC(C)(C)c1nccn1-c1ccc2c(c1)OCO2. The maximum Gasteiger partial charge on any atom is 0.231 e. The van der Waals surface area contributed by atoms with Crippen molar-refractivity contribution in [3.63, 3.8) is 0 Å². The van der Waals surface area contributed by atoms with Crippen molar-refractivity contribution in [3.05, 3.63) is 36.4 Å². The van der Waals surface area contributed by atoms with Gasteiger partial charge in [0.1, 0.15) is 5.82 Å². The van der Waals surface area contributed by atoms with Crippen LogP contribution in [-0.2, 0) is 5.41 Å². The molecule has 0 N–H and O–H groups in total. The fraction of sp³-hybridized carbons (Fsp3) is 0.357. The Kier molecular flexibility index (Phi) is 2.33. The van der Waals surface area contributed by atoms with Crippen LogP contribution in [-0.4, -0.2) is 16.3 Å². The monoisotopic (exact) mass is 244 g/mol. The van der Waals surface area contributed by atoms with E-state index < -0.39 is 0 Å². The molecule has 0 aliphatic carbocycles. The third-order valence-corrected chi connectivity index (χ3v) is 2.95. The van der Waals surface area contributed by atoms with Gasteiger partial charge in [-0.05, 0) is 12.1 Å². The molecular weight excluding hydrogens is 228 g/mol. The molecule has 0 amide bonds. The summed E-state index contributed by atoms with van der Waals surface area (Å²) in [5.74, 6) is 2.62. The van der Waals surface area contributed by atoms with E-state index in [1.807, 2.05) is 30.6 Å². The molecule has 94 valence electrons. The normalized spacial score (nSPS) is 13.9. The van der Waals surface area contributed by atoms with E-state index in [9.17, 15) is 0 Å². The lowest BCUT2D eigenvalue weighted by Crippen LogP contribution is -2.17. The quantitative estimate of drug-likeness (QED) is 0.774. The van der Waals surface area contributed by atoms with Gasteiger partial charge >= 0.3 is 0 Å². The maximum atomic E-state index is 5.41. The number of nitrogens with zero attached hydrogens (tertiary/aromatic N) is 2. The first kappa shape index (κ1) is 11.1. The second kappa shape index (κ2) is 3.77. The van der Waals surface area contributed by atoms with E-state index in [0.717, 1.165) is 23.0 Å². The highest BCUT2D eigenvalue weighted by atomic mass is 16.7. The molecule has 4 nitrogen and oxygen atoms in total. The molecule has 3 rings (SSSR count). The van der Waals surface area contributed by atoms with Crippen molar-refractivity contribution in [1.82, 2.24) is 9.55 Å². The lowest BCUT2D eigenvalue weighted by Gasteiger charge is -2.19. The summed E-state index contributed by atoms with van der Waals surface area (Å²) in [7, 11) is 0. The van der Waals surface area contributed by atoms with Crippen molar-refractivity contribution in [1.29, 1.82) is 0 Å². The number of hydrogen-bond acceptors (Lipinski definition) is 3. The van der Waals surface area contributed by atoms with Crippen molar-refractivity contribution in [2.75, 3.05) is 6.79 Å². The number of hydrogen-bond donors (Lipinski definition) is 0. The third-order valence-electron chi connectivity index (χ3n) is 2.95. The fourth-order valence-electron chi connectivity index (χ4n) is 2.10. The second-order valence-corrected chi connectivity index (χ2v) is 5.41. The minimum Gasteiger partial charge on any atom is -0.454 e. The minimum atomic E-state index is -0.000128. The van der Waals surface area contributed by atoms with E-state index in [2.05, 4.69) is 30.3 Å². The first-order chi connectivity index (χ1) is 8.55. The van der Waals surface area contributed by atoms with Crippen LogP contribution in [0.3, 0.4) is 0 Å². The highest BCUT2D eigenvalue weighted by Gasteiger charge is 2.21. The number of aromatic nitrogens is 2. The number of imidazole rings is 1. The van der Waals surface area contributed by atoms with Gasteiger partial charge in [-0.1, -0.05) is 20.8 Å². The summed E-state index contributed by atoms with van der Waals surface area (Å²) in [5.41, 5.74) is 1.04. The minimum absolute atomic E-state index is 0.000128. The molecule has 0 bridgehead atoms. The van der Waals surface area contributed by atoms with Gasteiger partial charge in [0.25, 0.3) is 0 Å². The topological polar surface area (TPSA) is 36.3 Å².